The Bertz CT molecular complexity index is 668. The van der Waals surface area contributed by atoms with Crippen LogP contribution in [0.5, 0.6) is 0 Å². The molecule has 3 saturated carbocycles. The maximum absolute atomic E-state index is 11.9. The number of ketones is 1. The van der Waals surface area contributed by atoms with Crippen LogP contribution < -0.4 is 0 Å². The standard InChI is InChI=1S/C23H32O.CH4/c1-15(2)18-6-7-19-22(18,4)13-10-20-21(3)12-9-17(24)14-16(21)8-11-23(19,20)5;/h9,12,14,18-20H,1,6-8,10-11,13H2,2-5H3;1H4. The molecule has 138 valence electrons. The Morgan fingerprint density at radius 1 is 1.08 bits per heavy atom. The van der Waals surface area contributed by atoms with Gasteiger partial charge in [-0.3, -0.25) is 4.79 Å². The Balaban J connectivity index is 0.00000182. The zero-order chi connectivity index (χ0) is 17.3. The Morgan fingerprint density at radius 2 is 1.80 bits per heavy atom. The second kappa shape index (κ2) is 5.69. The molecule has 6 atom stereocenters. The molecule has 0 amide bonds. The van der Waals surface area contributed by atoms with E-state index in [0.29, 0.717) is 22.7 Å². The SMILES string of the molecule is C.C=C(C)C1CCC2C1(C)CCC1C3(C)C=CC(=O)C=C3CCC12C. The summed E-state index contributed by atoms with van der Waals surface area (Å²) in [7, 11) is 0. The van der Waals surface area contributed by atoms with Crippen LogP contribution in [-0.4, -0.2) is 5.78 Å². The van der Waals surface area contributed by atoms with Crippen molar-refractivity contribution >= 4 is 5.78 Å². The molecule has 0 N–H and O–H groups in total. The Morgan fingerprint density at radius 3 is 2.48 bits per heavy atom. The van der Waals surface area contributed by atoms with E-state index in [1.807, 2.05) is 12.2 Å². The fourth-order valence-corrected chi connectivity index (χ4v) is 7.66. The third kappa shape index (κ3) is 2.30. The third-order valence-corrected chi connectivity index (χ3v) is 8.75. The van der Waals surface area contributed by atoms with E-state index >= 15 is 0 Å². The molecule has 0 radical (unpaired) electrons. The molecule has 0 aliphatic heterocycles. The van der Waals surface area contributed by atoms with Gasteiger partial charge in [0.05, 0.1) is 0 Å². The summed E-state index contributed by atoms with van der Waals surface area (Å²) in [6.45, 7) is 14.1. The monoisotopic (exact) mass is 340 g/mol. The normalized spacial score (nSPS) is 47.9. The van der Waals surface area contributed by atoms with Crippen LogP contribution >= 0.6 is 0 Å². The van der Waals surface area contributed by atoms with E-state index in [-0.39, 0.29) is 18.6 Å². The fraction of sp³-hybridized carbons (Fsp3) is 0.708. The summed E-state index contributed by atoms with van der Waals surface area (Å²) in [4.78, 5) is 11.9. The van der Waals surface area contributed by atoms with Gasteiger partial charge >= 0.3 is 0 Å². The molecule has 3 fully saturated rings. The molecule has 4 rings (SSSR count). The first kappa shape index (κ1) is 18.7. The lowest BCUT2D eigenvalue weighted by Gasteiger charge is -2.63. The molecule has 1 nitrogen and oxygen atoms in total. The van der Waals surface area contributed by atoms with Crippen LogP contribution in [0.3, 0.4) is 0 Å². The van der Waals surface area contributed by atoms with Gasteiger partial charge in [-0.25, -0.2) is 0 Å². The number of allylic oxidation sites excluding steroid dienone is 5. The minimum Gasteiger partial charge on any atom is -0.290 e. The van der Waals surface area contributed by atoms with Crippen molar-refractivity contribution in [2.24, 2.45) is 34.0 Å². The molecule has 6 unspecified atom stereocenters. The topological polar surface area (TPSA) is 17.1 Å². The van der Waals surface area contributed by atoms with Crippen molar-refractivity contribution in [3.8, 4) is 0 Å². The van der Waals surface area contributed by atoms with Crippen molar-refractivity contribution < 1.29 is 4.79 Å². The molecule has 1 heteroatoms. The summed E-state index contributed by atoms with van der Waals surface area (Å²) < 4.78 is 0. The van der Waals surface area contributed by atoms with E-state index < -0.39 is 0 Å². The first-order valence-electron chi connectivity index (χ1n) is 9.81. The lowest BCUT2D eigenvalue weighted by Crippen LogP contribution is -2.55. The maximum atomic E-state index is 11.9. The number of carbonyl (C=O) groups excluding carboxylic acids is 1. The van der Waals surface area contributed by atoms with Crippen LogP contribution in [0.25, 0.3) is 0 Å². The molecule has 0 heterocycles. The average molecular weight is 341 g/mol. The van der Waals surface area contributed by atoms with Gasteiger partial charge in [0.25, 0.3) is 0 Å². The number of carbonyl (C=O) groups is 1. The van der Waals surface area contributed by atoms with Crippen molar-refractivity contribution in [3.63, 3.8) is 0 Å². The van der Waals surface area contributed by atoms with Gasteiger partial charge in [-0.2, -0.15) is 0 Å². The van der Waals surface area contributed by atoms with E-state index in [0.717, 1.165) is 12.3 Å². The minimum atomic E-state index is 0. The summed E-state index contributed by atoms with van der Waals surface area (Å²) in [5, 5.41) is 0. The second-order valence-corrected chi connectivity index (χ2v) is 9.82. The molecule has 4 aliphatic carbocycles. The summed E-state index contributed by atoms with van der Waals surface area (Å²) in [5.74, 6) is 2.37. The Labute approximate surface area is 154 Å². The summed E-state index contributed by atoms with van der Waals surface area (Å²) in [6.07, 6.45) is 13.7. The smallest absolute Gasteiger partial charge is 0.178 e. The summed E-state index contributed by atoms with van der Waals surface area (Å²) in [5.41, 5.74) is 3.73. The van der Waals surface area contributed by atoms with Gasteiger partial charge in [-0.1, -0.05) is 52.0 Å². The average Bonchev–Trinajstić information content (AvgIpc) is 2.87. The second-order valence-electron chi connectivity index (χ2n) is 9.82. The van der Waals surface area contributed by atoms with Gasteiger partial charge in [0.2, 0.25) is 0 Å². The van der Waals surface area contributed by atoms with Crippen molar-refractivity contribution in [1.82, 2.24) is 0 Å². The molecule has 25 heavy (non-hydrogen) atoms. The molecule has 0 bridgehead atoms. The molecule has 0 aromatic carbocycles. The lowest BCUT2D eigenvalue weighted by atomic mass is 9.41. The Hall–Kier alpha value is -1.11. The predicted octanol–water partition coefficient (Wildman–Crippen LogP) is 6.51. The first-order chi connectivity index (χ1) is 11.2. The maximum Gasteiger partial charge on any atom is 0.178 e. The van der Waals surface area contributed by atoms with Gasteiger partial charge < -0.3 is 0 Å². The third-order valence-electron chi connectivity index (χ3n) is 8.75. The van der Waals surface area contributed by atoms with E-state index in [4.69, 9.17) is 0 Å². The van der Waals surface area contributed by atoms with Crippen molar-refractivity contribution in [1.29, 1.82) is 0 Å². The van der Waals surface area contributed by atoms with Gasteiger partial charge in [-0.05, 0) is 86.2 Å². The Kier molecular flexibility index (Phi) is 4.25. The largest absolute Gasteiger partial charge is 0.290 e. The van der Waals surface area contributed by atoms with E-state index in [9.17, 15) is 4.79 Å². The highest BCUT2D eigenvalue weighted by Crippen LogP contribution is 2.71. The van der Waals surface area contributed by atoms with Crippen LogP contribution in [-0.2, 0) is 4.79 Å². The predicted molar refractivity (Wildman–Crippen MR) is 106 cm³/mol. The van der Waals surface area contributed by atoms with E-state index in [1.165, 1.54) is 43.3 Å². The molecule has 0 saturated heterocycles. The fourth-order valence-electron chi connectivity index (χ4n) is 7.66. The van der Waals surface area contributed by atoms with Crippen LogP contribution in [0.15, 0.2) is 36.0 Å². The van der Waals surface area contributed by atoms with E-state index in [1.54, 1.807) is 0 Å². The first-order valence-corrected chi connectivity index (χ1v) is 9.81. The minimum absolute atomic E-state index is 0. The van der Waals surface area contributed by atoms with Crippen molar-refractivity contribution in [2.45, 2.75) is 73.6 Å². The highest BCUT2D eigenvalue weighted by atomic mass is 16.1. The summed E-state index contributed by atoms with van der Waals surface area (Å²) >= 11 is 0. The molecular weight excluding hydrogens is 304 g/mol. The van der Waals surface area contributed by atoms with Crippen molar-refractivity contribution in [3.05, 3.63) is 36.0 Å². The van der Waals surface area contributed by atoms with Crippen LogP contribution in [0.2, 0.25) is 0 Å². The van der Waals surface area contributed by atoms with Crippen molar-refractivity contribution in [2.75, 3.05) is 0 Å². The molecule has 4 aliphatic rings. The highest BCUT2D eigenvalue weighted by Gasteiger charge is 2.63. The van der Waals surface area contributed by atoms with Gasteiger partial charge in [0.15, 0.2) is 5.78 Å². The summed E-state index contributed by atoms with van der Waals surface area (Å²) in [6, 6.07) is 0. The van der Waals surface area contributed by atoms with Gasteiger partial charge in [0.1, 0.15) is 0 Å². The zero-order valence-corrected chi connectivity index (χ0v) is 15.8. The van der Waals surface area contributed by atoms with Gasteiger partial charge in [0, 0.05) is 5.41 Å². The molecular formula is C24H36O. The number of hydrogen-bond acceptors (Lipinski definition) is 1. The molecule has 0 spiro atoms. The number of fused-ring (bicyclic) bond motifs is 5. The van der Waals surface area contributed by atoms with Crippen LogP contribution in [0.1, 0.15) is 73.6 Å². The van der Waals surface area contributed by atoms with Crippen LogP contribution in [0, 0.1) is 34.0 Å². The highest BCUT2D eigenvalue weighted by molar-refractivity contribution is 6.01. The van der Waals surface area contributed by atoms with Gasteiger partial charge in [-0.15, -0.1) is 0 Å². The molecule has 0 aromatic rings. The zero-order valence-electron chi connectivity index (χ0n) is 15.8. The quantitative estimate of drug-likeness (QED) is 0.497. The number of rotatable bonds is 1. The lowest BCUT2D eigenvalue weighted by molar-refractivity contribution is -0.112. The number of hydrogen-bond donors (Lipinski definition) is 0. The van der Waals surface area contributed by atoms with Crippen LogP contribution in [0.4, 0.5) is 0 Å². The van der Waals surface area contributed by atoms with E-state index in [2.05, 4.69) is 40.3 Å². The molecule has 0 aromatic heterocycles.